The number of unbranched alkanes of at least 4 members (excludes halogenated alkanes) is 6. The number of aromatic nitrogens is 4. The van der Waals surface area contributed by atoms with Crippen LogP contribution >= 0.6 is 11.3 Å². The standard InChI is InChI=1S/C21H32N4O2S/c1-17(2)21(26)27-14-10-8-6-4-5-7-9-11-19-15-25(24-23-19)13-12-20-18(3)22-16-28-20/h15-16H,1,4-14H2,2-3H3. The Labute approximate surface area is 172 Å². The molecule has 0 saturated carbocycles. The summed E-state index contributed by atoms with van der Waals surface area (Å²) >= 11 is 1.71. The molecule has 7 heteroatoms. The van der Waals surface area contributed by atoms with Crippen LogP contribution in [0.25, 0.3) is 0 Å². The summed E-state index contributed by atoms with van der Waals surface area (Å²) in [5, 5.41) is 8.52. The minimum absolute atomic E-state index is 0.282. The molecule has 28 heavy (non-hydrogen) atoms. The highest BCUT2D eigenvalue weighted by molar-refractivity contribution is 7.09. The Hall–Kier alpha value is -2.02. The molecule has 0 spiro atoms. The SMILES string of the molecule is C=C(C)C(=O)OCCCCCCCCCc1cn(CCc2scnc2C)nn1. The molecular weight excluding hydrogens is 372 g/mol. The molecule has 0 amide bonds. The molecule has 0 aliphatic rings. The summed E-state index contributed by atoms with van der Waals surface area (Å²) in [5.74, 6) is -0.282. The molecule has 2 aromatic heterocycles. The van der Waals surface area contributed by atoms with Crippen LogP contribution in [0.5, 0.6) is 0 Å². The molecule has 0 radical (unpaired) electrons. The number of nitrogens with zero attached hydrogens (tertiary/aromatic N) is 4. The van der Waals surface area contributed by atoms with Crippen molar-refractivity contribution < 1.29 is 9.53 Å². The van der Waals surface area contributed by atoms with Crippen molar-refractivity contribution in [2.45, 2.75) is 78.2 Å². The number of esters is 1. The van der Waals surface area contributed by atoms with Crippen molar-refractivity contribution in [2.24, 2.45) is 0 Å². The van der Waals surface area contributed by atoms with Crippen molar-refractivity contribution in [1.29, 1.82) is 0 Å². The summed E-state index contributed by atoms with van der Waals surface area (Å²) in [5.41, 5.74) is 4.57. The summed E-state index contributed by atoms with van der Waals surface area (Å²) in [7, 11) is 0. The summed E-state index contributed by atoms with van der Waals surface area (Å²) in [6, 6.07) is 0. The molecule has 0 aromatic carbocycles. The third-order valence-electron chi connectivity index (χ3n) is 4.66. The van der Waals surface area contributed by atoms with Gasteiger partial charge >= 0.3 is 5.97 Å². The molecule has 0 saturated heterocycles. The van der Waals surface area contributed by atoms with Gasteiger partial charge in [0.25, 0.3) is 0 Å². The molecule has 0 aliphatic heterocycles. The summed E-state index contributed by atoms with van der Waals surface area (Å²) in [6.45, 7) is 8.66. The maximum absolute atomic E-state index is 11.2. The van der Waals surface area contributed by atoms with Gasteiger partial charge in [-0.15, -0.1) is 16.4 Å². The van der Waals surface area contributed by atoms with Crippen LogP contribution in [0.1, 0.15) is 68.1 Å². The first-order valence-corrected chi connectivity index (χ1v) is 11.0. The minimum atomic E-state index is -0.282. The Morgan fingerprint density at radius 2 is 1.86 bits per heavy atom. The van der Waals surface area contributed by atoms with E-state index in [0.29, 0.717) is 12.2 Å². The molecule has 0 N–H and O–H groups in total. The van der Waals surface area contributed by atoms with E-state index in [0.717, 1.165) is 50.0 Å². The fourth-order valence-electron chi connectivity index (χ4n) is 2.92. The highest BCUT2D eigenvalue weighted by atomic mass is 32.1. The van der Waals surface area contributed by atoms with Gasteiger partial charge in [0.15, 0.2) is 0 Å². The van der Waals surface area contributed by atoms with Crippen LogP contribution in [-0.2, 0) is 28.9 Å². The molecule has 154 valence electrons. The first kappa shape index (κ1) is 22.3. The van der Waals surface area contributed by atoms with E-state index in [4.69, 9.17) is 4.74 Å². The van der Waals surface area contributed by atoms with Crippen molar-refractivity contribution in [2.75, 3.05) is 6.61 Å². The quantitative estimate of drug-likeness (QED) is 0.260. The monoisotopic (exact) mass is 404 g/mol. The van der Waals surface area contributed by atoms with E-state index >= 15 is 0 Å². The predicted octanol–water partition coefficient (Wildman–Crippen LogP) is 4.68. The van der Waals surface area contributed by atoms with Gasteiger partial charge in [-0.05, 0) is 33.1 Å². The highest BCUT2D eigenvalue weighted by Gasteiger charge is 2.05. The van der Waals surface area contributed by atoms with E-state index < -0.39 is 0 Å². The van der Waals surface area contributed by atoms with Gasteiger partial charge in [0, 0.05) is 29.6 Å². The van der Waals surface area contributed by atoms with Crippen molar-refractivity contribution in [3.8, 4) is 0 Å². The molecule has 0 aliphatic carbocycles. The predicted molar refractivity (Wildman–Crippen MR) is 112 cm³/mol. The smallest absolute Gasteiger partial charge is 0.333 e. The second-order valence-corrected chi connectivity index (χ2v) is 8.16. The number of hydrogen-bond donors (Lipinski definition) is 0. The molecular formula is C21H32N4O2S. The van der Waals surface area contributed by atoms with Crippen molar-refractivity contribution in [1.82, 2.24) is 20.0 Å². The lowest BCUT2D eigenvalue weighted by atomic mass is 10.1. The van der Waals surface area contributed by atoms with E-state index in [2.05, 4.69) is 35.0 Å². The Bertz CT molecular complexity index is 738. The maximum Gasteiger partial charge on any atom is 0.333 e. The van der Waals surface area contributed by atoms with Gasteiger partial charge in [-0.25, -0.2) is 9.78 Å². The first-order chi connectivity index (χ1) is 13.6. The van der Waals surface area contributed by atoms with Crippen molar-refractivity contribution in [3.05, 3.63) is 40.1 Å². The summed E-state index contributed by atoms with van der Waals surface area (Å²) < 4.78 is 7.03. The van der Waals surface area contributed by atoms with Crippen LogP contribution in [0.2, 0.25) is 0 Å². The van der Waals surface area contributed by atoms with Crippen LogP contribution in [0.3, 0.4) is 0 Å². The zero-order valence-corrected chi connectivity index (χ0v) is 18.0. The van der Waals surface area contributed by atoms with Crippen LogP contribution < -0.4 is 0 Å². The summed E-state index contributed by atoms with van der Waals surface area (Å²) in [6.07, 6.45) is 12.1. The highest BCUT2D eigenvalue weighted by Crippen LogP contribution is 2.14. The zero-order chi connectivity index (χ0) is 20.2. The Morgan fingerprint density at radius 3 is 2.54 bits per heavy atom. The van der Waals surface area contributed by atoms with Gasteiger partial charge in [-0.2, -0.15) is 0 Å². The lowest BCUT2D eigenvalue weighted by Crippen LogP contribution is -2.05. The number of carbonyl (C=O) groups is 1. The molecule has 2 aromatic rings. The Balaban J connectivity index is 1.46. The molecule has 0 fully saturated rings. The molecule has 2 heterocycles. The van der Waals surface area contributed by atoms with Crippen LogP contribution in [0, 0.1) is 6.92 Å². The molecule has 0 bridgehead atoms. The number of hydrogen-bond acceptors (Lipinski definition) is 6. The fraction of sp³-hybridized carbons (Fsp3) is 0.619. The van der Waals surface area contributed by atoms with Crippen LogP contribution in [0.15, 0.2) is 23.9 Å². The van der Waals surface area contributed by atoms with Gasteiger partial charge < -0.3 is 4.74 Å². The molecule has 0 unspecified atom stereocenters. The zero-order valence-electron chi connectivity index (χ0n) is 17.2. The lowest BCUT2D eigenvalue weighted by Gasteiger charge is -2.04. The number of carbonyl (C=O) groups excluding carboxylic acids is 1. The van der Waals surface area contributed by atoms with E-state index in [9.17, 15) is 4.79 Å². The van der Waals surface area contributed by atoms with Gasteiger partial charge in [-0.1, -0.05) is 43.9 Å². The maximum atomic E-state index is 11.2. The first-order valence-electron chi connectivity index (χ1n) is 10.2. The molecule has 6 nitrogen and oxygen atoms in total. The third kappa shape index (κ3) is 8.33. The number of ether oxygens (including phenoxy) is 1. The number of aryl methyl sites for hydroxylation is 4. The average molecular weight is 405 g/mol. The van der Waals surface area contributed by atoms with E-state index in [1.165, 1.54) is 30.6 Å². The van der Waals surface area contributed by atoms with Gasteiger partial charge in [0.1, 0.15) is 0 Å². The Kier molecular flexibility index (Phi) is 9.90. The van der Waals surface area contributed by atoms with E-state index in [1.807, 2.05) is 10.2 Å². The van der Waals surface area contributed by atoms with Crippen LogP contribution in [0.4, 0.5) is 0 Å². The van der Waals surface area contributed by atoms with Gasteiger partial charge in [0.2, 0.25) is 0 Å². The van der Waals surface area contributed by atoms with E-state index in [-0.39, 0.29) is 5.97 Å². The van der Waals surface area contributed by atoms with Crippen molar-refractivity contribution in [3.63, 3.8) is 0 Å². The second kappa shape index (κ2) is 12.4. The van der Waals surface area contributed by atoms with Gasteiger partial charge in [0.05, 0.1) is 23.5 Å². The van der Waals surface area contributed by atoms with Crippen LogP contribution in [-0.4, -0.2) is 32.6 Å². The molecule has 2 rings (SSSR count). The Morgan fingerprint density at radius 1 is 1.14 bits per heavy atom. The lowest BCUT2D eigenvalue weighted by molar-refractivity contribution is -0.139. The normalized spacial score (nSPS) is 10.9. The third-order valence-corrected chi connectivity index (χ3v) is 5.65. The van der Waals surface area contributed by atoms with Gasteiger partial charge in [-0.3, -0.25) is 4.68 Å². The number of thiazole rings is 1. The largest absolute Gasteiger partial charge is 0.462 e. The topological polar surface area (TPSA) is 69.9 Å². The average Bonchev–Trinajstić information content (AvgIpc) is 3.29. The van der Waals surface area contributed by atoms with Crippen molar-refractivity contribution >= 4 is 17.3 Å². The summed E-state index contributed by atoms with van der Waals surface area (Å²) in [4.78, 5) is 16.8. The van der Waals surface area contributed by atoms with E-state index in [1.54, 1.807) is 18.3 Å². The minimum Gasteiger partial charge on any atom is -0.462 e. The second-order valence-electron chi connectivity index (χ2n) is 7.23. The number of rotatable bonds is 14. The fourth-order valence-corrected chi connectivity index (χ4v) is 3.70. The molecule has 0 atom stereocenters.